The fraction of sp³-hybridized carbons (Fsp3) is 0.0588. The van der Waals surface area contributed by atoms with Crippen molar-refractivity contribution in [3.8, 4) is 0 Å². The van der Waals surface area contributed by atoms with E-state index < -0.39 is 21.6 Å². The molecule has 0 aliphatic heterocycles. The number of sulfone groups is 1. The number of rotatable bonds is 4. The lowest BCUT2D eigenvalue weighted by atomic mass is 10.2. The molecular formula is C17H13FN2O3S2. The number of nitrogens with one attached hydrogen (secondary N) is 1. The highest BCUT2D eigenvalue weighted by Crippen LogP contribution is 2.28. The highest BCUT2D eigenvalue weighted by molar-refractivity contribution is 7.90. The number of amides is 1. The van der Waals surface area contributed by atoms with Crippen molar-refractivity contribution in [2.75, 3.05) is 11.6 Å². The van der Waals surface area contributed by atoms with Crippen LogP contribution in [0.25, 0.3) is 16.3 Å². The Morgan fingerprint density at radius 1 is 1.24 bits per heavy atom. The molecule has 0 spiro atoms. The number of hydrogen-bond donors (Lipinski definition) is 1. The summed E-state index contributed by atoms with van der Waals surface area (Å²) < 4.78 is 37.3. The van der Waals surface area contributed by atoms with Crippen molar-refractivity contribution in [3.63, 3.8) is 0 Å². The minimum Gasteiger partial charge on any atom is -0.298 e. The molecule has 0 bridgehead atoms. The van der Waals surface area contributed by atoms with Gasteiger partial charge >= 0.3 is 0 Å². The first kappa shape index (κ1) is 17.2. The van der Waals surface area contributed by atoms with Gasteiger partial charge in [-0.05, 0) is 30.3 Å². The van der Waals surface area contributed by atoms with Crippen LogP contribution in [0.1, 0.15) is 5.56 Å². The number of fused-ring (bicyclic) bond motifs is 1. The smallest absolute Gasteiger partial charge is 0.250 e. The molecule has 0 atom stereocenters. The number of halogens is 1. The number of thiazole rings is 1. The molecule has 1 N–H and O–H groups in total. The van der Waals surface area contributed by atoms with Gasteiger partial charge in [0.05, 0.1) is 15.1 Å². The second kappa shape index (κ2) is 6.73. The van der Waals surface area contributed by atoms with E-state index in [1.807, 2.05) is 0 Å². The van der Waals surface area contributed by atoms with Crippen LogP contribution in [0.5, 0.6) is 0 Å². The summed E-state index contributed by atoms with van der Waals surface area (Å²) in [4.78, 5) is 16.4. The fourth-order valence-corrected chi connectivity index (χ4v) is 3.74. The highest BCUT2D eigenvalue weighted by Gasteiger charge is 2.11. The molecule has 2 aromatic carbocycles. The zero-order chi connectivity index (χ0) is 18.0. The first-order valence-electron chi connectivity index (χ1n) is 7.17. The number of carbonyl (C=O) groups is 1. The van der Waals surface area contributed by atoms with Crippen LogP contribution >= 0.6 is 11.3 Å². The van der Waals surface area contributed by atoms with Crippen LogP contribution in [0.3, 0.4) is 0 Å². The Kier molecular flexibility index (Phi) is 4.65. The molecule has 8 heteroatoms. The minimum atomic E-state index is -3.31. The van der Waals surface area contributed by atoms with E-state index in [9.17, 15) is 17.6 Å². The van der Waals surface area contributed by atoms with Crippen molar-refractivity contribution < 1.29 is 17.6 Å². The van der Waals surface area contributed by atoms with Crippen molar-refractivity contribution in [3.05, 3.63) is 59.9 Å². The summed E-state index contributed by atoms with van der Waals surface area (Å²) in [6.07, 6.45) is 3.72. The van der Waals surface area contributed by atoms with E-state index >= 15 is 0 Å². The molecule has 1 heterocycles. The standard InChI is InChI=1S/C17H13FN2O3S2/c1-25(22,23)12-7-8-14-15(10-12)24-17(19-14)20-16(21)9-6-11-4-2-3-5-13(11)18/h2-10H,1H3,(H,19,20,21)/b9-6+. The first-order valence-corrected chi connectivity index (χ1v) is 9.88. The molecule has 0 saturated heterocycles. The van der Waals surface area contributed by atoms with Crippen LogP contribution in [0.2, 0.25) is 0 Å². The summed E-state index contributed by atoms with van der Waals surface area (Å²) in [6.45, 7) is 0. The predicted molar refractivity (Wildman–Crippen MR) is 96.8 cm³/mol. The normalized spacial score (nSPS) is 11.9. The number of aromatic nitrogens is 1. The Bertz CT molecular complexity index is 1090. The average Bonchev–Trinajstić information content (AvgIpc) is 2.94. The van der Waals surface area contributed by atoms with Crippen LogP contribution in [0.4, 0.5) is 9.52 Å². The molecule has 1 aromatic heterocycles. The Balaban J connectivity index is 1.78. The maximum Gasteiger partial charge on any atom is 0.250 e. The van der Waals surface area contributed by atoms with Gasteiger partial charge < -0.3 is 0 Å². The maximum atomic E-state index is 13.5. The van der Waals surface area contributed by atoms with E-state index in [0.717, 1.165) is 6.26 Å². The van der Waals surface area contributed by atoms with Crippen LogP contribution in [0.15, 0.2) is 53.4 Å². The largest absolute Gasteiger partial charge is 0.298 e. The van der Waals surface area contributed by atoms with Gasteiger partial charge in [0, 0.05) is 17.9 Å². The van der Waals surface area contributed by atoms with E-state index in [1.165, 1.54) is 41.7 Å². The predicted octanol–water partition coefficient (Wildman–Crippen LogP) is 3.49. The Hall–Kier alpha value is -2.58. The summed E-state index contributed by atoms with van der Waals surface area (Å²) in [5.74, 6) is -0.870. The quantitative estimate of drug-likeness (QED) is 0.707. The number of nitrogens with zero attached hydrogens (tertiary/aromatic N) is 1. The lowest BCUT2D eigenvalue weighted by Crippen LogP contribution is -2.07. The van der Waals surface area contributed by atoms with Gasteiger partial charge in [0.25, 0.3) is 0 Å². The van der Waals surface area contributed by atoms with Crippen LogP contribution < -0.4 is 5.32 Å². The lowest BCUT2D eigenvalue weighted by Gasteiger charge is -1.97. The molecule has 25 heavy (non-hydrogen) atoms. The zero-order valence-electron chi connectivity index (χ0n) is 13.1. The van der Waals surface area contributed by atoms with Crippen LogP contribution in [0, 0.1) is 5.82 Å². The van der Waals surface area contributed by atoms with E-state index in [0.29, 0.717) is 20.9 Å². The molecule has 0 aliphatic carbocycles. The minimum absolute atomic E-state index is 0.195. The summed E-state index contributed by atoms with van der Waals surface area (Å²) in [5, 5.41) is 2.93. The molecule has 128 valence electrons. The maximum absolute atomic E-state index is 13.5. The van der Waals surface area contributed by atoms with Crippen molar-refractivity contribution in [1.82, 2.24) is 4.98 Å². The molecule has 5 nitrogen and oxygen atoms in total. The SMILES string of the molecule is CS(=O)(=O)c1ccc2nc(NC(=O)/C=C/c3ccccc3F)sc2c1. The Labute approximate surface area is 147 Å². The van der Waals surface area contributed by atoms with Gasteiger partial charge in [-0.25, -0.2) is 17.8 Å². The highest BCUT2D eigenvalue weighted by atomic mass is 32.2. The average molecular weight is 376 g/mol. The Morgan fingerprint density at radius 3 is 2.72 bits per heavy atom. The van der Waals surface area contributed by atoms with E-state index in [-0.39, 0.29) is 4.90 Å². The van der Waals surface area contributed by atoms with E-state index in [2.05, 4.69) is 10.3 Å². The number of carbonyl (C=O) groups excluding carboxylic acids is 1. The van der Waals surface area contributed by atoms with Crippen LogP contribution in [-0.2, 0) is 14.6 Å². The first-order chi connectivity index (χ1) is 11.8. The molecular weight excluding hydrogens is 363 g/mol. The van der Waals surface area contributed by atoms with Gasteiger partial charge in [-0.2, -0.15) is 0 Å². The second-order valence-corrected chi connectivity index (χ2v) is 8.31. The molecule has 3 rings (SSSR count). The molecule has 1 amide bonds. The molecule has 0 fully saturated rings. The van der Waals surface area contributed by atoms with Gasteiger partial charge in [-0.15, -0.1) is 0 Å². The topological polar surface area (TPSA) is 76.1 Å². The summed E-state index contributed by atoms with van der Waals surface area (Å²) in [6, 6.07) is 10.7. The summed E-state index contributed by atoms with van der Waals surface area (Å²) in [7, 11) is -3.31. The van der Waals surface area contributed by atoms with E-state index in [1.54, 1.807) is 24.3 Å². The van der Waals surface area contributed by atoms with Gasteiger partial charge in [0.15, 0.2) is 15.0 Å². The monoisotopic (exact) mass is 376 g/mol. The molecule has 0 unspecified atom stereocenters. The fourth-order valence-electron chi connectivity index (χ4n) is 2.11. The van der Waals surface area contributed by atoms with Crippen molar-refractivity contribution in [1.29, 1.82) is 0 Å². The zero-order valence-corrected chi connectivity index (χ0v) is 14.7. The lowest BCUT2D eigenvalue weighted by molar-refractivity contribution is -0.111. The van der Waals surface area contributed by atoms with Crippen molar-refractivity contribution in [2.24, 2.45) is 0 Å². The third kappa shape index (κ3) is 4.09. The Morgan fingerprint density at radius 2 is 2.00 bits per heavy atom. The third-order valence-corrected chi connectivity index (χ3v) is 5.38. The number of hydrogen-bond acceptors (Lipinski definition) is 5. The second-order valence-electron chi connectivity index (χ2n) is 5.26. The molecule has 0 radical (unpaired) electrons. The molecule has 0 saturated carbocycles. The van der Waals surface area contributed by atoms with Gasteiger partial charge in [0.2, 0.25) is 5.91 Å². The number of benzene rings is 2. The summed E-state index contributed by atoms with van der Waals surface area (Å²) >= 11 is 1.17. The van der Waals surface area contributed by atoms with E-state index in [4.69, 9.17) is 0 Å². The van der Waals surface area contributed by atoms with Gasteiger partial charge in [0.1, 0.15) is 5.82 Å². The summed E-state index contributed by atoms with van der Waals surface area (Å²) in [5.41, 5.74) is 0.894. The third-order valence-electron chi connectivity index (χ3n) is 3.34. The van der Waals surface area contributed by atoms with Gasteiger partial charge in [-0.3, -0.25) is 10.1 Å². The number of anilines is 1. The van der Waals surface area contributed by atoms with Crippen molar-refractivity contribution in [2.45, 2.75) is 4.90 Å². The van der Waals surface area contributed by atoms with Gasteiger partial charge in [-0.1, -0.05) is 29.5 Å². The van der Waals surface area contributed by atoms with Crippen LogP contribution in [-0.4, -0.2) is 25.6 Å². The molecule has 3 aromatic rings. The molecule has 0 aliphatic rings. The van der Waals surface area contributed by atoms with Crippen molar-refractivity contribution >= 4 is 48.5 Å².